The highest BCUT2D eigenvalue weighted by atomic mass is 127. The van der Waals surface area contributed by atoms with E-state index in [0.29, 0.717) is 12.5 Å². The van der Waals surface area contributed by atoms with Gasteiger partial charge in [-0.3, -0.25) is 4.98 Å². The number of aliphatic imine (C=N–C) groups is 1. The molecule has 0 radical (unpaired) electrons. The fourth-order valence-electron chi connectivity index (χ4n) is 3.96. The Labute approximate surface area is 193 Å². The SMILES string of the molecule is CCNC(=NCc1ncc(C)c(OC)c1C)NCC1CCCOC1C(C)(C)C.I. The summed E-state index contributed by atoms with van der Waals surface area (Å²) in [5.74, 6) is 2.20. The van der Waals surface area contributed by atoms with Crippen LogP contribution in [0.3, 0.4) is 0 Å². The van der Waals surface area contributed by atoms with Crippen LogP contribution < -0.4 is 15.4 Å². The van der Waals surface area contributed by atoms with Gasteiger partial charge in [-0.2, -0.15) is 0 Å². The van der Waals surface area contributed by atoms with Gasteiger partial charge >= 0.3 is 0 Å². The zero-order valence-electron chi connectivity index (χ0n) is 19.1. The van der Waals surface area contributed by atoms with Crippen LogP contribution in [0.25, 0.3) is 0 Å². The van der Waals surface area contributed by atoms with Gasteiger partial charge in [0.15, 0.2) is 5.96 Å². The Bertz CT molecular complexity index is 674. The van der Waals surface area contributed by atoms with E-state index in [1.165, 1.54) is 6.42 Å². The average molecular weight is 518 g/mol. The zero-order chi connectivity index (χ0) is 20.7. The highest BCUT2D eigenvalue weighted by molar-refractivity contribution is 14.0. The first-order valence-corrected chi connectivity index (χ1v) is 10.4. The minimum absolute atomic E-state index is 0. The average Bonchev–Trinajstić information content (AvgIpc) is 2.65. The van der Waals surface area contributed by atoms with Crippen molar-refractivity contribution in [1.29, 1.82) is 0 Å². The van der Waals surface area contributed by atoms with Gasteiger partial charge in [-0.15, -0.1) is 24.0 Å². The standard InChI is InChI=1S/C22H38N4O2.HI/c1-8-23-21(25-13-17-10-9-11-28-20(17)22(4,5)6)26-14-18-16(3)19(27-7)15(2)12-24-18;/h12,17,20H,8-11,13-14H2,1-7H3,(H2,23,25,26);1H. The van der Waals surface area contributed by atoms with Crippen molar-refractivity contribution in [1.82, 2.24) is 15.6 Å². The van der Waals surface area contributed by atoms with Gasteiger partial charge in [0.05, 0.1) is 25.5 Å². The minimum atomic E-state index is 0. The summed E-state index contributed by atoms with van der Waals surface area (Å²) in [4.78, 5) is 9.31. The van der Waals surface area contributed by atoms with Crippen molar-refractivity contribution in [2.45, 2.75) is 67.0 Å². The van der Waals surface area contributed by atoms with Crippen molar-refractivity contribution < 1.29 is 9.47 Å². The molecular weight excluding hydrogens is 479 g/mol. The molecule has 6 nitrogen and oxygen atoms in total. The molecule has 0 amide bonds. The van der Waals surface area contributed by atoms with Crippen LogP contribution in [0, 0.1) is 25.2 Å². The third kappa shape index (κ3) is 7.27. The molecule has 1 aromatic heterocycles. The fourth-order valence-corrected chi connectivity index (χ4v) is 3.96. The largest absolute Gasteiger partial charge is 0.496 e. The number of ether oxygens (including phenoxy) is 2. The van der Waals surface area contributed by atoms with E-state index in [9.17, 15) is 0 Å². The number of halogens is 1. The number of methoxy groups -OCH3 is 1. The summed E-state index contributed by atoms with van der Waals surface area (Å²) >= 11 is 0. The summed E-state index contributed by atoms with van der Waals surface area (Å²) in [5, 5.41) is 6.87. The topological polar surface area (TPSA) is 67.8 Å². The van der Waals surface area contributed by atoms with E-state index in [0.717, 1.165) is 54.6 Å². The maximum absolute atomic E-state index is 6.10. The quantitative estimate of drug-likeness (QED) is 0.336. The molecular formula is C22H39IN4O2. The Morgan fingerprint density at radius 3 is 2.66 bits per heavy atom. The molecule has 166 valence electrons. The van der Waals surface area contributed by atoms with Crippen LogP contribution in [-0.4, -0.2) is 43.9 Å². The lowest BCUT2D eigenvalue weighted by atomic mass is 9.78. The molecule has 1 saturated heterocycles. The summed E-state index contributed by atoms with van der Waals surface area (Å²) < 4.78 is 11.6. The van der Waals surface area contributed by atoms with Crippen molar-refractivity contribution in [2.75, 3.05) is 26.8 Å². The number of aryl methyl sites for hydroxylation is 1. The summed E-state index contributed by atoms with van der Waals surface area (Å²) in [6.07, 6.45) is 4.43. The minimum Gasteiger partial charge on any atom is -0.496 e. The van der Waals surface area contributed by atoms with Crippen molar-refractivity contribution >= 4 is 29.9 Å². The van der Waals surface area contributed by atoms with Crippen LogP contribution in [0.1, 0.15) is 57.4 Å². The van der Waals surface area contributed by atoms with Gasteiger partial charge in [-0.25, -0.2) is 4.99 Å². The molecule has 29 heavy (non-hydrogen) atoms. The van der Waals surface area contributed by atoms with Crippen LogP contribution in [0.2, 0.25) is 0 Å². The Hall–Kier alpha value is -1.09. The maximum Gasteiger partial charge on any atom is 0.191 e. The van der Waals surface area contributed by atoms with Gasteiger partial charge in [0.25, 0.3) is 0 Å². The van der Waals surface area contributed by atoms with Crippen LogP contribution in [0.4, 0.5) is 0 Å². The van der Waals surface area contributed by atoms with Crippen molar-refractivity contribution in [3.63, 3.8) is 0 Å². The molecule has 0 aromatic carbocycles. The van der Waals surface area contributed by atoms with Crippen molar-refractivity contribution in [3.05, 3.63) is 23.0 Å². The molecule has 2 atom stereocenters. The lowest BCUT2D eigenvalue weighted by Gasteiger charge is -2.40. The molecule has 0 aliphatic carbocycles. The number of nitrogens with one attached hydrogen (secondary N) is 2. The highest BCUT2D eigenvalue weighted by Gasteiger charge is 2.35. The smallest absolute Gasteiger partial charge is 0.191 e. The normalized spacial score (nSPS) is 20.0. The maximum atomic E-state index is 6.10. The van der Waals surface area contributed by atoms with Gasteiger partial charge in [0.1, 0.15) is 5.75 Å². The van der Waals surface area contributed by atoms with E-state index in [2.05, 4.69) is 43.3 Å². The fraction of sp³-hybridized carbons (Fsp3) is 0.727. The molecule has 2 rings (SSSR count). The molecule has 0 spiro atoms. The lowest BCUT2D eigenvalue weighted by Crippen LogP contribution is -2.47. The first-order chi connectivity index (χ1) is 13.3. The molecule has 2 unspecified atom stereocenters. The van der Waals surface area contributed by atoms with E-state index < -0.39 is 0 Å². The number of hydrogen-bond donors (Lipinski definition) is 2. The summed E-state index contributed by atoms with van der Waals surface area (Å²) in [5.41, 5.74) is 3.17. The third-order valence-electron chi connectivity index (χ3n) is 5.31. The van der Waals surface area contributed by atoms with E-state index in [1.807, 2.05) is 20.0 Å². The van der Waals surface area contributed by atoms with Crippen molar-refractivity contribution in [2.24, 2.45) is 16.3 Å². The van der Waals surface area contributed by atoms with Crippen LogP contribution in [0.15, 0.2) is 11.2 Å². The molecule has 1 aliphatic rings. The van der Waals surface area contributed by atoms with Crippen LogP contribution in [0.5, 0.6) is 5.75 Å². The Morgan fingerprint density at radius 1 is 1.31 bits per heavy atom. The van der Waals surface area contributed by atoms with E-state index in [1.54, 1.807) is 7.11 Å². The Balaban J connectivity index is 0.00000420. The molecule has 2 N–H and O–H groups in total. The molecule has 2 heterocycles. The lowest BCUT2D eigenvalue weighted by molar-refractivity contribution is -0.0835. The van der Waals surface area contributed by atoms with E-state index >= 15 is 0 Å². The van der Waals surface area contributed by atoms with Gasteiger partial charge in [0.2, 0.25) is 0 Å². The molecule has 0 bridgehead atoms. The highest BCUT2D eigenvalue weighted by Crippen LogP contribution is 2.33. The first kappa shape index (κ1) is 25.9. The van der Waals surface area contributed by atoms with E-state index in [-0.39, 0.29) is 35.5 Å². The summed E-state index contributed by atoms with van der Waals surface area (Å²) in [7, 11) is 1.70. The second-order valence-electron chi connectivity index (χ2n) is 8.68. The molecule has 1 fully saturated rings. The summed E-state index contributed by atoms with van der Waals surface area (Å²) in [6.45, 7) is 16.0. The van der Waals surface area contributed by atoms with Gasteiger partial charge in [0, 0.05) is 42.9 Å². The van der Waals surface area contributed by atoms with Gasteiger partial charge < -0.3 is 20.1 Å². The van der Waals surface area contributed by atoms with Crippen LogP contribution >= 0.6 is 24.0 Å². The number of aromatic nitrogens is 1. The van der Waals surface area contributed by atoms with E-state index in [4.69, 9.17) is 14.5 Å². The van der Waals surface area contributed by atoms with Crippen molar-refractivity contribution in [3.8, 4) is 5.75 Å². The van der Waals surface area contributed by atoms with Gasteiger partial charge in [-0.05, 0) is 39.0 Å². The predicted octanol–water partition coefficient (Wildman–Crippen LogP) is 4.22. The first-order valence-electron chi connectivity index (χ1n) is 10.4. The number of hydrogen-bond acceptors (Lipinski definition) is 4. The van der Waals surface area contributed by atoms with Gasteiger partial charge in [-0.1, -0.05) is 20.8 Å². The molecule has 0 saturated carbocycles. The Morgan fingerprint density at radius 2 is 2.03 bits per heavy atom. The Kier molecular flexibility index (Phi) is 10.7. The molecule has 1 aliphatic heterocycles. The second kappa shape index (κ2) is 11.9. The number of nitrogens with zero attached hydrogens (tertiary/aromatic N) is 2. The zero-order valence-corrected chi connectivity index (χ0v) is 21.4. The third-order valence-corrected chi connectivity index (χ3v) is 5.31. The van der Waals surface area contributed by atoms with Crippen LogP contribution in [-0.2, 0) is 11.3 Å². The summed E-state index contributed by atoms with van der Waals surface area (Å²) in [6, 6.07) is 0. The monoisotopic (exact) mass is 518 g/mol. The number of rotatable bonds is 6. The second-order valence-corrected chi connectivity index (χ2v) is 8.68. The molecule has 7 heteroatoms. The number of pyridine rings is 1. The predicted molar refractivity (Wildman–Crippen MR) is 130 cm³/mol. The molecule has 1 aromatic rings. The number of guanidine groups is 1.